The van der Waals surface area contributed by atoms with Gasteiger partial charge in [0, 0.05) is 6.42 Å². The van der Waals surface area contributed by atoms with Crippen LogP contribution in [-0.4, -0.2) is 54.9 Å². The minimum absolute atomic E-state index is 0.0187. The molecule has 190 valence electrons. The van der Waals surface area contributed by atoms with E-state index in [0.717, 1.165) is 6.42 Å². The summed E-state index contributed by atoms with van der Waals surface area (Å²) >= 11 is 0. The average Bonchev–Trinajstić information content (AvgIpc) is 3.21. The summed E-state index contributed by atoms with van der Waals surface area (Å²) in [4.78, 5) is 29.5. The molecule has 0 spiro atoms. The van der Waals surface area contributed by atoms with E-state index in [-0.39, 0.29) is 18.3 Å². The summed E-state index contributed by atoms with van der Waals surface area (Å²) in [6, 6.07) is 9.86. The second-order valence-electron chi connectivity index (χ2n) is 10.2. The van der Waals surface area contributed by atoms with Crippen LogP contribution >= 0.6 is 0 Å². The number of aryl methyl sites for hydroxylation is 1. The number of nitrogens with one attached hydrogen (secondary N) is 2. The van der Waals surface area contributed by atoms with Gasteiger partial charge in [-0.15, -0.1) is 0 Å². The highest BCUT2D eigenvalue weighted by atomic mass is 16.7. The molecule has 0 aromatic heterocycles. The summed E-state index contributed by atoms with van der Waals surface area (Å²) < 4.78 is 21.8. The first-order chi connectivity index (χ1) is 15.9. The molecule has 1 heterocycles. The van der Waals surface area contributed by atoms with Crippen LogP contribution < -0.4 is 10.6 Å². The molecule has 1 fully saturated rings. The Hall–Kier alpha value is -2.65. The third-order valence-corrected chi connectivity index (χ3v) is 4.59. The minimum Gasteiger partial charge on any atom is -0.444 e. The van der Waals surface area contributed by atoms with Gasteiger partial charge in [0.05, 0.1) is 19.3 Å². The highest BCUT2D eigenvalue weighted by molar-refractivity contribution is 6.01. The number of hydrogen-bond acceptors (Lipinski definition) is 7. The molecule has 1 atom stereocenters. The van der Waals surface area contributed by atoms with Crippen molar-refractivity contribution in [1.29, 1.82) is 0 Å². The lowest BCUT2D eigenvalue weighted by Crippen LogP contribution is -2.47. The second kappa shape index (κ2) is 12.7. The van der Waals surface area contributed by atoms with Crippen molar-refractivity contribution in [2.45, 2.75) is 90.8 Å². The van der Waals surface area contributed by atoms with Crippen LogP contribution in [0.4, 0.5) is 9.59 Å². The lowest BCUT2D eigenvalue weighted by atomic mass is 10.0. The van der Waals surface area contributed by atoms with E-state index >= 15 is 0 Å². The first-order valence-corrected chi connectivity index (χ1v) is 11.7. The maximum atomic E-state index is 12.4. The fourth-order valence-electron chi connectivity index (χ4n) is 3.23. The number of rotatable bonds is 7. The van der Waals surface area contributed by atoms with E-state index < -0.39 is 23.4 Å². The van der Waals surface area contributed by atoms with Gasteiger partial charge in [-0.1, -0.05) is 30.3 Å². The van der Waals surface area contributed by atoms with E-state index in [1.807, 2.05) is 18.2 Å². The summed E-state index contributed by atoms with van der Waals surface area (Å²) in [5.74, 6) is -0.0187. The molecule has 0 saturated carbocycles. The monoisotopic (exact) mass is 477 g/mol. The summed E-state index contributed by atoms with van der Waals surface area (Å²) in [7, 11) is 0. The van der Waals surface area contributed by atoms with Crippen LogP contribution in [-0.2, 0) is 25.4 Å². The van der Waals surface area contributed by atoms with Crippen LogP contribution in [0.2, 0.25) is 0 Å². The fourth-order valence-corrected chi connectivity index (χ4v) is 3.23. The third kappa shape index (κ3) is 12.0. The number of ether oxygens (including phenoxy) is 4. The maximum absolute atomic E-state index is 12.4. The van der Waals surface area contributed by atoms with Crippen molar-refractivity contribution in [2.75, 3.05) is 13.2 Å². The predicted octanol–water partition coefficient (Wildman–Crippen LogP) is 4.55. The van der Waals surface area contributed by atoms with Crippen molar-refractivity contribution >= 4 is 18.1 Å². The zero-order valence-electron chi connectivity index (χ0n) is 21.2. The maximum Gasteiger partial charge on any atom is 0.414 e. The highest BCUT2D eigenvalue weighted by Gasteiger charge is 2.23. The number of aliphatic imine (C=N–C) groups is 1. The molecule has 1 aromatic rings. The topological polar surface area (TPSA) is 107 Å². The third-order valence-electron chi connectivity index (χ3n) is 4.59. The van der Waals surface area contributed by atoms with Gasteiger partial charge in [0.1, 0.15) is 11.2 Å². The molecule has 1 aromatic carbocycles. The van der Waals surface area contributed by atoms with E-state index in [1.165, 1.54) is 5.56 Å². The van der Waals surface area contributed by atoms with Gasteiger partial charge in [-0.3, -0.25) is 10.6 Å². The van der Waals surface area contributed by atoms with Gasteiger partial charge < -0.3 is 18.9 Å². The van der Waals surface area contributed by atoms with Crippen molar-refractivity contribution in [1.82, 2.24) is 10.6 Å². The molecule has 34 heavy (non-hydrogen) atoms. The number of carbonyl (C=O) groups is 2. The summed E-state index contributed by atoms with van der Waals surface area (Å²) in [6.07, 6.45) is 1.08. The van der Waals surface area contributed by atoms with Gasteiger partial charge in [0.25, 0.3) is 0 Å². The van der Waals surface area contributed by atoms with Crippen molar-refractivity contribution < 1.29 is 28.5 Å². The largest absolute Gasteiger partial charge is 0.444 e. The molecule has 1 unspecified atom stereocenters. The zero-order valence-corrected chi connectivity index (χ0v) is 21.2. The van der Waals surface area contributed by atoms with Crippen LogP contribution in [0.5, 0.6) is 0 Å². The minimum atomic E-state index is -0.716. The summed E-state index contributed by atoms with van der Waals surface area (Å²) in [6.45, 7) is 11.7. The van der Waals surface area contributed by atoms with Crippen LogP contribution in [0.3, 0.4) is 0 Å². The normalized spacial score (nSPS) is 15.4. The van der Waals surface area contributed by atoms with E-state index in [2.05, 4.69) is 27.8 Å². The molecule has 2 amide bonds. The van der Waals surface area contributed by atoms with Gasteiger partial charge >= 0.3 is 12.2 Å². The molecule has 9 nitrogen and oxygen atoms in total. The van der Waals surface area contributed by atoms with Crippen molar-refractivity contribution in [2.24, 2.45) is 4.99 Å². The molecular weight excluding hydrogens is 438 g/mol. The Kier molecular flexibility index (Phi) is 10.3. The Morgan fingerprint density at radius 3 is 1.97 bits per heavy atom. The Morgan fingerprint density at radius 1 is 0.941 bits per heavy atom. The second-order valence-corrected chi connectivity index (χ2v) is 10.2. The van der Waals surface area contributed by atoms with Gasteiger partial charge in [0.2, 0.25) is 5.96 Å². The SMILES string of the molecule is CC(C)(C)OC(=O)NC(=NC(CCc1ccccc1)CCC1OCCO1)NC(=O)OC(C)(C)C. The Bertz CT molecular complexity index is 776. The number of hydrogen-bond donors (Lipinski definition) is 2. The van der Waals surface area contributed by atoms with Crippen LogP contribution in [0.25, 0.3) is 0 Å². The number of guanidine groups is 1. The molecule has 2 N–H and O–H groups in total. The van der Waals surface area contributed by atoms with E-state index in [9.17, 15) is 9.59 Å². The van der Waals surface area contributed by atoms with Crippen LogP contribution in [0, 0.1) is 0 Å². The van der Waals surface area contributed by atoms with E-state index in [1.54, 1.807) is 41.5 Å². The molecule has 1 aliphatic heterocycles. The Balaban J connectivity index is 2.18. The molecular formula is C25H39N3O6. The fraction of sp³-hybridized carbons (Fsp3) is 0.640. The highest BCUT2D eigenvalue weighted by Crippen LogP contribution is 2.17. The van der Waals surface area contributed by atoms with Crippen molar-refractivity contribution in [3.05, 3.63) is 35.9 Å². The van der Waals surface area contributed by atoms with Crippen LogP contribution in [0.1, 0.15) is 66.4 Å². The molecule has 9 heteroatoms. The van der Waals surface area contributed by atoms with Gasteiger partial charge in [-0.2, -0.15) is 0 Å². The number of amides is 2. The number of benzene rings is 1. The molecule has 0 radical (unpaired) electrons. The van der Waals surface area contributed by atoms with Crippen LogP contribution in [0.15, 0.2) is 35.3 Å². The first-order valence-electron chi connectivity index (χ1n) is 11.7. The van der Waals surface area contributed by atoms with Crippen molar-refractivity contribution in [3.63, 3.8) is 0 Å². The number of carbonyl (C=O) groups excluding carboxylic acids is 2. The lowest BCUT2D eigenvalue weighted by Gasteiger charge is -2.23. The van der Waals surface area contributed by atoms with E-state index in [0.29, 0.717) is 32.5 Å². The predicted molar refractivity (Wildman–Crippen MR) is 130 cm³/mol. The lowest BCUT2D eigenvalue weighted by molar-refractivity contribution is -0.0487. The summed E-state index contributed by atoms with van der Waals surface area (Å²) in [5, 5.41) is 5.12. The van der Waals surface area contributed by atoms with Crippen molar-refractivity contribution in [3.8, 4) is 0 Å². The average molecular weight is 478 g/mol. The smallest absolute Gasteiger partial charge is 0.414 e. The number of alkyl carbamates (subject to hydrolysis) is 2. The van der Waals surface area contributed by atoms with E-state index in [4.69, 9.17) is 18.9 Å². The molecule has 0 bridgehead atoms. The summed E-state index contributed by atoms with van der Waals surface area (Å²) in [5.41, 5.74) is -0.228. The molecule has 2 rings (SSSR count). The van der Waals surface area contributed by atoms with Gasteiger partial charge in [0.15, 0.2) is 6.29 Å². The standard InChI is InChI=1S/C25H39N3O6/c1-24(2,3)33-22(29)27-21(28-23(30)34-25(4,5)6)26-19(14-15-20-31-16-17-32-20)13-12-18-10-8-7-9-11-18/h7-11,19-20H,12-17H2,1-6H3,(H2,26,27,28,29,30). The quantitative estimate of drug-likeness (QED) is 0.441. The van der Waals surface area contributed by atoms with Gasteiger partial charge in [-0.25, -0.2) is 14.6 Å². The Morgan fingerprint density at radius 2 is 1.47 bits per heavy atom. The van der Waals surface area contributed by atoms with Gasteiger partial charge in [-0.05, 0) is 66.4 Å². The molecule has 1 saturated heterocycles. The zero-order chi connectivity index (χ0) is 25.2. The Labute approximate surface area is 202 Å². The number of nitrogens with zero attached hydrogens (tertiary/aromatic N) is 1. The first kappa shape index (κ1) is 27.6. The molecule has 1 aliphatic rings. The molecule has 0 aliphatic carbocycles.